The molecular formula is C6H12N3+. The van der Waals surface area contributed by atoms with E-state index in [-0.39, 0.29) is 0 Å². The molecule has 3 heteroatoms. The monoisotopic (exact) mass is 126 g/mol. The van der Waals surface area contributed by atoms with Crippen molar-refractivity contribution in [1.82, 2.24) is 0 Å². The summed E-state index contributed by atoms with van der Waals surface area (Å²) in [6.07, 6.45) is 0. The van der Waals surface area contributed by atoms with E-state index in [0.717, 1.165) is 6.54 Å². The molecule has 9 heavy (non-hydrogen) atoms. The lowest BCUT2D eigenvalue weighted by Gasteiger charge is -1.93. The van der Waals surface area contributed by atoms with E-state index < -0.39 is 0 Å². The quantitative estimate of drug-likeness (QED) is 0.471. The molecule has 0 aliphatic carbocycles. The fourth-order valence-electron chi connectivity index (χ4n) is 0.730. The van der Waals surface area contributed by atoms with Gasteiger partial charge in [-0.05, 0) is 0 Å². The molecule has 0 radical (unpaired) electrons. The summed E-state index contributed by atoms with van der Waals surface area (Å²) in [6.45, 7) is 5.17. The third kappa shape index (κ3) is 1.34. The van der Waals surface area contributed by atoms with Gasteiger partial charge in [-0.3, -0.25) is 0 Å². The van der Waals surface area contributed by atoms with Crippen LogP contribution < -0.4 is 0 Å². The van der Waals surface area contributed by atoms with Crippen molar-refractivity contribution < 1.29 is 4.70 Å². The number of rotatable bonds is 1. The Bertz CT molecular complexity index is 167. The Hall–Kier alpha value is -0.730. The Morgan fingerprint density at radius 3 is 2.44 bits per heavy atom. The van der Waals surface area contributed by atoms with Crippen molar-refractivity contribution in [2.75, 3.05) is 13.6 Å². The second-order valence-electron chi connectivity index (χ2n) is 2.65. The largest absolute Gasteiger partial charge is 0.203 e. The molecule has 0 aromatic rings. The first kappa shape index (κ1) is 6.39. The summed E-state index contributed by atoms with van der Waals surface area (Å²) in [4.78, 5) is 0. The summed E-state index contributed by atoms with van der Waals surface area (Å²) in [5.74, 6) is 0.540. The van der Waals surface area contributed by atoms with E-state index in [1.165, 1.54) is 5.71 Å². The van der Waals surface area contributed by atoms with Crippen LogP contribution in [0, 0.1) is 5.92 Å². The van der Waals surface area contributed by atoms with Crippen molar-refractivity contribution in [2.45, 2.75) is 13.8 Å². The average Bonchev–Trinajstić information content (AvgIpc) is 2.14. The Labute approximate surface area is 55.1 Å². The van der Waals surface area contributed by atoms with E-state index >= 15 is 0 Å². The Balaban J connectivity index is 2.54. The molecule has 1 rings (SSSR count). The van der Waals surface area contributed by atoms with Crippen molar-refractivity contribution in [3.05, 3.63) is 0 Å². The molecule has 0 spiro atoms. The molecule has 0 saturated heterocycles. The van der Waals surface area contributed by atoms with Gasteiger partial charge in [-0.15, -0.1) is 0 Å². The second kappa shape index (κ2) is 2.25. The first-order valence-electron chi connectivity index (χ1n) is 3.18. The first-order valence-corrected chi connectivity index (χ1v) is 3.18. The molecule has 0 aromatic heterocycles. The zero-order chi connectivity index (χ0) is 6.85. The van der Waals surface area contributed by atoms with Gasteiger partial charge >= 0.3 is 0 Å². The van der Waals surface area contributed by atoms with Crippen LogP contribution in [0.4, 0.5) is 0 Å². The molecule has 0 unspecified atom stereocenters. The van der Waals surface area contributed by atoms with Gasteiger partial charge in [0.1, 0.15) is 5.22 Å². The summed E-state index contributed by atoms with van der Waals surface area (Å²) in [7, 11) is 1.93. The van der Waals surface area contributed by atoms with Crippen LogP contribution in [0.2, 0.25) is 0 Å². The van der Waals surface area contributed by atoms with Gasteiger partial charge in [0.2, 0.25) is 5.71 Å². The number of hydrogen-bond acceptors (Lipinski definition) is 2. The van der Waals surface area contributed by atoms with Gasteiger partial charge in [-0.2, -0.15) is 4.70 Å². The molecule has 1 aliphatic rings. The Morgan fingerprint density at radius 1 is 1.56 bits per heavy atom. The van der Waals surface area contributed by atoms with Crippen LogP contribution in [0.25, 0.3) is 0 Å². The molecule has 1 aliphatic heterocycles. The van der Waals surface area contributed by atoms with Crippen LogP contribution >= 0.6 is 0 Å². The Morgan fingerprint density at radius 2 is 2.22 bits per heavy atom. The van der Waals surface area contributed by atoms with Gasteiger partial charge in [0.05, 0.1) is 12.1 Å². The lowest BCUT2D eigenvalue weighted by atomic mass is 10.1. The molecular weight excluding hydrogens is 114 g/mol. The summed E-state index contributed by atoms with van der Waals surface area (Å²) in [5.41, 5.74) is 1.18. The average molecular weight is 126 g/mol. The highest BCUT2D eigenvalue weighted by molar-refractivity contribution is 5.87. The molecule has 3 nitrogen and oxygen atoms in total. The van der Waals surface area contributed by atoms with Crippen molar-refractivity contribution in [1.29, 1.82) is 0 Å². The lowest BCUT2D eigenvalue weighted by Crippen LogP contribution is -2.15. The third-order valence-corrected chi connectivity index (χ3v) is 1.38. The molecule has 0 atom stereocenters. The fourth-order valence-corrected chi connectivity index (χ4v) is 0.730. The van der Waals surface area contributed by atoms with Crippen LogP contribution in [-0.2, 0) is 0 Å². The van der Waals surface area contributed by atoms with Crippen LogP contribution in [0.3, 0.4) is 0 Å². The van der Waals surface area contributed by atoms with E-state index in [9.17, 15) is 0 Å². The summed E-state index contributed by atoms with van der Waals surface area (Å²) in [5, 5.41) is 7.84. The minimum Gasteiger partial charge on any atom is -0.160 e. The van der Waals surface area contributed by atoms with Gasteiger partial charge in [-0.25, -0.2) is 0 Å². The van der Waals surface area contributed by atoms with Gasteiger partial charge in [0.25, 0.3) is 0 Å². The van der Waals surface area contributed by atoms with Crippen LogP contribution in [0.15, 0.2) is 10.3 Å². The van der Waals surface area contributed by atoms with E-state index in [1.54, 1.807) is 0 Å². The summed E-state index contributed by atoms with van der Waals surface area (Å²) < 4.78 is 1.84. The molecule has 50 valence electrons. The maximum absolute atomic E-state index is 3.98. The SMILES string of the molecule is CC(C)C1=NN=[N+](C)C1. The lowest BCUT2D eigenvalue weighted by molar-refractivity contribution is -0.547. The van der Waals surface area contributed by atoms with Gasteiger partial charge in [0.15, 0.2) is 6.54 Å². The normalized spacial score (nSPS) is 18.2. The highest BCUT2D eigenvalue weighted by atomic mass is 15.5. The third-order valence-electron chi connectivity index (χ3n) is 1.38. The molecule has 0 amide bonds. The van der Waals surface area contributed by atoms with Crippen molar-refractivity contribution in [3.63, 3.8) is 0 Å². The summed E-state index contributed by atoms with van der Waals surface area (Å²) >= 11 is 0. The van der Waals surface area contributed by atoms with Crippen molar-refractivity contribution in [2.24, 2.45) is 16.2 Å². The molecule has 1 heterocycles. The second-order valence-corrected chi connectivity index (χ2v) is 2.65. The minimum atomic E-state index is 0.540. The number of nitrogens with zero attached hydrogens (tertiary/aromatic N) is 3. The highest BCUT2D eigenvalue weighted by Gasteiger charge is 2.19. The molecule has 0 saturated carbocycles. The first-order chi connectivity index (χ1) is 4.20. The highest BCUT2D eigenvalue weighted by Crippen LogP contribution is 2.02. The van der Waals surface area contributed by atoms with Gasteiger partial charge < -0.3 is 0 Å². The van der Waals surface area contributed by atoms with E-state index in [2.05, 4.69) is 24.2 Å². The van der Waals surface area contributed by atoms with Crippen LogP contribution in [-0.4, -0.2) is 24.0 Å². The van der Waals surface area contributed by atoms with Crippen molar-refractivity contribution >= 4 is 5.71 Å². The minimum absolute atomic E-state index is 0.540. The Kier molecular flexibility index (Phi) is 1.60. The maximum Gasteiger partial charge on any atom is 0.203 e. The molecule has 0 bridgehead atoms. The maximum atomic E-state index is 3.98. The smallest absolute Gasteiger partial charge is 0.160 e. The van der Waals surface area contributed by atoms with E-state index in [4.69, 9.17) is 0 Å². The van der Waals surface area contributed by atoms with Crippen LogP contribution in [0.5, 0.6) is 0 Å². The fraction of sp³-hybridized carbons (Fsp3) is 0.833. The predicted molar refractivity (Wildman–Crippen MR) is 35.8 cm³/mol. The predicted octanol–water partition coefficient (Wildman–Crippen LogP) is 1.11. The molecule has 0 fully saturated rings. The van der Waals surface area contributed by atoms with E-state index in [0.29, 0.717) is 5.92 Å². The zero-order valence-electron chi connectivity index (χ0n) is 6.13. The van der Waals surface area contributed by atoms with Crippen LogP contribution in [0.1, 0.15) is 13.8 Å². The molecule has 0 N–H and O–H groups in total. The van der Waals surface area contributed by atoms with Crippen molar-refractivity contribution in [3.8, 4) is 0 Å². The zero-order valence-corrected chi connectivity index (χ0v) is 6.13. The van der Waals surface area contributed by atoms with Gasteiger partial charge in [-0.1, -0.05) is 13.8 Å². The van der Waals surface area contributed by atoms with Gasteiger partial charge in [0, 0.05) is 5.92 Å². The molecule has 0 aromatic carbocycles. The number of hydrogen-bond donors (Lipinski definition) is 0. The summed E-state index contributed by atoms with van der Waals surface area (Å²) in [6, 6.07) is 0. The topological polar surface area (TPSA) is 27.7 Å². The standard InChI is InChI=1S/C6H12N3/c1-5(2)6-4-9(3)8-7-6/h5H,4H2,1-3H3/q+1. The van der Waals surface area contributed by atoms with E-state index in [1.807, 2.05) is 11.7 Å².